The smallest absolute Gasteiger partial charge is 0.317 e. The minimum absolute atomic E-state index is 0.00585. The van der Waals surface area contributed by atoms with E-state index < -0.39 is 0 Å². The van der Waals surface area contributed by atoms with Gasteiger partial charge in [-0.2, -0.15) is 5.10 Å². The number of hydrogen-bond acceptors (Lipinski definition) is 3. The zero-order chi connectivity index (χ0) is 15.5. The predicted molar refractivity (Wildman–Crippen MR) is 81.3 cm³/mol. The highest BCUT2D eigenvalue weighted by Gasteiger charge is 2.32. The van der Waals surface area contributed by atoms with Gasteiger partial charge in [0.15, 0.2) is 0 Å². The lowest BCUT2D eigenvalue weighted by atomic mass is 10.0. The molecule has 1 atom stereocenters. The lowest BCUT2D eigenvalue weighted by molar-refractivity contribution is -0.133. The first-order valence-electron chi connectivity index (χ1n) is 7.95. The number of carbonyl (C=O) groups excluding carboxylic acids is 2. The van der Waals surface area contributed by atoms with E-state index in [1.54, 1.807) is 6.20 Å². The number of urea groups is 1. The Bertz CT molecular complexity index is 556. The summed E-state index contributed by atoms with van der Waals surface area (Å²) in [6.45, 7) is 5.51. The third kappa shape index (κ3) is 3.23. The van der Waals surface area contributed by atoms with Crippen molar-refractivity contribution in [3.05, 3.63) is 18.0 Å². The first-order valence-corrected chi connectivity index (χ1v) is 7.95. The van der Waals surface area contributed by atoms with E-state index in [9.17, 15) is 9.59 Å². The van der Waals surface area contributed by atoms with E-state index in [0.29, 0.717) is 26.1 Å². The van der Waals surface area contributed by atoms with Gasteiger partial charge in [0.05, 0.1) is 12.2 Å². The average molecular weight is 305 g/mol. The van der Waals surface area contributed by atoms with Gasteiger partial charge in [-0.15, -0.1) is 0 Å². The molecular formula is C15H23N5O2. The second-order valence-electron chi connectivity index (χ2n) is 6.09. The molecule has 1 unspecified atom stereocenters. The van der Waals surface area contributed by atoms with Gasteiger partial charge in [-0.1, -0.05) is 0 Å². The maximum absolute atomic E-state index is 12.4. The molecule has 3 amide bonds. The van der Waals surface area contributed by atoms with Gasteiger partial charge in [-0.25, -0.2) is 4.79 Å². The Balaban J connectivity index is 1.52. The van der Waals surface area contributed by atoms with Gasteiger partial charge in [0.2, 0.25) is 5.91 Å². The van der Waals surface area contributed by atoms with Crippen molar-refractivity contribution >= 4 is 11.9 Å². The molecule has 1 aromatic rings. The number of aryl methyl sites for hydroxylation is 2. The number of rotatable bonds is 4. The molecule has 120 valence electrons. The zero-order valence-electron chi connectivity index (χ0n) is 13.0. The van der Waals surface area contributed by atoms with E-state index in [2.05, 4.69) is 10.4 Å². The summed E-state index contributed by atoms with van der Waals surface area (Å²) in [5, 5.41) is 7.04. The molecule has 3 rings (SSSR count). The van der Waals surface area contributed by atoms with Crippen LogP contribution in [0.2, 0.25) is 0 Å². The molecule has 2 aliphatic rings. The SMILES string of the molecule is Cc1cnn(CCC(=O)N2CCCC(N3CCNC3=O)C2)c1. The van der Waals surface area contributed by atoms with Crippen LogP contribution < -0.4 is 5.32 Å². The summed E-state index contributed by atoms with van der Waals surface area (Å²) in [6.07, 6.45) is 6.14. The molecule has 22 heavy (non-hydrogen) atoms. The van der Waals surface area contributed by atoms with Crippen molar-refractivity contribution < 1.29 is 9.59 Å². The standard InChI is InChI=1S/C15H23N5O2/c1-12-9-17-19(10-12)7-4-14(21)18-6-2-3-13(11-18)20-8-5-16-15(20)22/h9-10,13H,2-8,11H2,1H3,(H,16,22). The van der Waals surface area contributed by atoms with Crippen LogP contribution in [-0.4, -0.2) is 63.7 Å². The van der Waals surface area contributed by atoms with Gasteiger partial charge >= 0.3 is 6.03 Å². The zero-order valence-corrected chi connectivity index (χ0v) is 13.0. The highest BCUT2D eigenvalue weighted by molar-refractivity contribution is 5.78. The van der Waals surface area contributed by atoms with Crippen LogP contribution >= 0.6 is 0 Å². The van der Waals surface area contributed by atoms with Gasteiger partial charge in [-0.05, 0) is 25.3 Å². The van der Waals surface area contributed by atoms with E-state index in [-0.39, 0.29) is 18.0 Å². The lowest BCUT2D eigenvalue weighted by Gasteiger charge is -2.37. The molecule has 1 N–H and O–H groups in total. The fourth-order valence-electron chi connectivity index (χ4n) is 3.23. The Morgan fingerprint density at radius 2 is 2.32 bits per heavy atom. The van der Waals surface area contributed by atoms with Crippen LogP contribution in [0.5, 0.6) is 0 Å². The number of hydrogen-bond donors (Lipinski definition) is 1. The summed E-state index contributed by atoms with van der Waals surface area (Å²) >= 11 is 0. The first kappa shape index (κ1) is 14.9. The van der Waals surface area contributed by atoms with E-state index in [4.69, 9.17) is 0 Å². The topological polar surface area (TPSA) is 70.5 Å². The largest absolute Gasteiger partial charge is 0.341 e. The number of likely N-dealkylation sites (tertiary alicyclic amines) is 1. The molecule has 2 saturated heterocycles. The van der Waals surface area contributed by atoms with Crippen molar-refractivity contribution in [2.45, 2.75) is 38.8 Å². The number of carbonyl (C=O) groups is 2. The molecular weight excluding hydrogens is 282 g/mol. The van der Waals surface area contributed by atoms with Gasteiger partial charge in [-0.3, -0.25) is 9.48 Å². The maximum Gasteiger partial charge on any atom is 0.317 e. The van der Waals surface area contributed by atoms with Gasteiger partial charge < -0.3 is 15.1 Å². The fourth-order valence-corrected chi connectivity index (χ4v) is 3.23. The molecule has 7 heteroatoms. The molecule has 2 aliphatic heterocycles. The monoisotopic (exact) mass is 305 g/mol. The summed E-state index contributed by atoms with van der Waals surface area (Å²) in [5.41, 5.74) is 1.10. The predicted octanol–water partition coefficient (Wildman–Crippen LogP) is 0.598. The van der Waals surface area contributed by atoms with Gasteiger partial charge in [0.1, 0.15) is 0 Å². The highest BCUT2D eigenvalue weighted by Crippen LogP contribution is 2.18. The quantitative estimate of drug-likeness (QED) is 0.885. The van der Waals surface area contributed by atoms with Crippen molar-refractivity contribution in [1.82, 2.24) is 24.9 Å². The van der Waals surface area contributed by atoms with Crippen LogP contribution in [-0.2, 0) is 11.3 Å². The Morgan fingerprint density at radius 3 is 3.00 bits per heavy atom. The number of amides is 3. The Morgan fingerprint density at radius 1 is 1.45 bits per heavy atom. The van der Waals surface area contributed by atoms with E-state index in [1.807, 2.05) is 27.6 Å². The molecule has 1 aromatic heterocycles. The van der Waals surface area contributed by atoms with Crippen LogP contribution in [0.4, 0.5) is 4.79 Å². The maximum atomic E-state index is 12.4. The molecule has 0 saturated carbocycles. The number of nitrogens with one attached hydrogen (secondary N) is 1. The molecule has 0 aliphatic carbocycles. The second-order valence-corrected chi connectivity index (χ2v) is 6.09. The van der Waals surface area contributed by atoms with Gasteiger partial charge in [0.25, 0.3) is 0 Å². The van der Waals surface area contributed by atoms with E-state index in [0.717, 1.165) is 31.5 Å². The molecule has 0 spiro atoms. The van der Waals surface area contributed by atoms with Crippen molar-refractivity contribution in [2.24, 2.45) is 0 Å². The normalized spacial score (nSPS) is 22.0. The Kier molecular flexibility index (Phi) is 4.31. The summed E-state index contributed by atoms with van der Waals surface area (Å²) in [6, 6.07) is 0.165. The van der Waals surface area contributed by atoms with Crippen molar-refractivity contribution in [1.29, 1.82) is 0 Å². The van der Waals surface area contributed by atoms with Crippen molar-refractivity contribution in [3.63, 3.8) is 0 Å². The third-order valence-electron chi connectivity index (χ3n) is 4.40. The molecule has 3 heterocycles. The average Bonchev–Trinajstić information content (AvgIpc) is 3.13. The van der Waals surface area contributed by atoms with Crippen LogP contribution in [0, 0.1) is 6.92 Å². The van der Waals surface area contributed by atoms with Crippen LogP contribution in [0.3, 0.4) is 0 Å². The molecule has 7 nitrogen and oxygen atoms in total. The summed E-state index contributed by atoms with van der Waals surface area (Å²) in [5.74, 6) is 0.150. The van der Waals surface area contributed by atoms with Gasteiger partial charge in [0, 0.05) is 45.3 Å². The summed E-state index contributed by atoms with van der Waals surface area (Å²) in [4.78, 5) is 27.9. The molecule has 0 bridgehead atoms. The molecule has 0 aromatic carbocycles. The minimum atomic E-state index is 0.00585. The second kappa shape index (κ2) is 6.37. The molecule has 0 radical (unpaired) electrons. The summed E-state index contributed by atoms with van der Waals surface area (Å²) < 4.78 is 1.81. The fraction of sp³-hybridized carbons (Fsp3) is 0.667. The van der Waals surface area contributed by atoms with Crippen LogP contribution in [0.25, 0.3) is 0 Å². The minimum Gasteiger partial charge on any atom is -0.341 e. The summed E-state index contributed by atoms with van der Waals surface area (Å²) in [7, 11) is 0. The number of nitrogens with zero attached hydrogens (tertiary/aromatic N) is 4. The van der Waals surface area contributed by atoms with Crippen LogP contribution in [0.15, 0.2) is 12.4 Å². The van der Waals surface area contributed by atoms with Crippen molar-refractivity contribution in [2.75, 3.05) is 26.2 Å². The molecule has 2 fully saturated rings. The van der Waals surface area contributed by atoms with E-state index >= 15 is 0 Å². The Hall–Kier alpha value is -2.05. The van der Waals surface area contributed by atoms with Crippen molar-refractivity contribution in [3.8, 4) is 0 Å². The van der Waals surface area contributed by atoms with E-state index in [1.165, 1.54) is 0 Å². The lowest BCUT2D eigenvalue weighted by Crippen LogP contribution is -2.50. The Labute approximate surface area is 130 Å². The highest BCUT2D eigenvalue weighted by atomic mass is 16.2. The van der Waals surface area contributed by atoms with Crippen LogP contribution in [0.1, 0.15) is 24.8 Å². The number of aromatic nitrogens is 2. The first-order chi connectivity index (χ1) is 10.6. The number of piperidine rings is 1. The third-order valence-corrected chi connectivity index (χ3v) is 4.40.